The second-order valence-electron chi connectivity index (χ2n) is 6.61. The first-order chi connectivity index (χ1) is 11.4. The van der Waals surface area contributed by atoms with Crippen molar-refractivity contribution in [2.75, 3.05) is 13.2 Å². The van der Waals surface area contributed by atoms with Crippen LogP contribution in [0.4, 0.5) is 0 Å². The van der Waals surface area contributed by atoms with Gasteiger partial charge in [0.1, 0.15) is 5.75 Å². The summed E-state index contributed by atoms with van der Waals surface area (Å²) in [5, 5.41) is 3.04. The van der Waals surface area contributed by atoms with Gasteiger partial charge in [0.2, 0.25) is 0 Å². The van der Waals surface area contributed by atoms with Crippen LogP contribution >= 0.6 is 15.9 Å². The summed E-state index contributed by atoms with van der Waals surface area (Å²) in [5.74, 6) is 0.653. The molecule has 0 radical (unpaired) electrons. The summed E-state index contributed by atoms with van der Waals surface area (Å²) in [6.07, 6.45) is 0.902. The Morgan fingerprint density at radius 1 is 1.17 bits per heavy atom. The molecule has 24 heavy (non-hydrogen) atoms. The highest BCUT2D eigenvalue weighted by Gasteiger charge is 2.20. The molecule has 0 aliphatic rings. The summed E-state index contributed by atoms with van der Waals surface area (Å²) < 4.78 is 6.52. The van der Waals surface area contributed by atoms with Crippen molar-refractivity contribution < 1.29 is 9.53 Å². The standard InChI is InChI=1S/C20H24BrNO2/c1-4-24-18-7-5-6-16(12-18)19(23)22-14-20(2,3)13-15-8-10-17(21)11-9-15/h5-12H,4,13-14H2,1-3H3,(H,22,23). The van der Waals surface area contributed by atoms with Crippen LogP contribution in [0.15, 0.2) is 53.0 Å². The van der Waals surface area contributed by atoms with Gasteiger partial charge in [0.15, 0.2) is 0 Å². The van der Waals surface area contributed by atoms with Gasteiger partial charge in [-0.05, 0) is 54.7 Å². The maximum Gasteiger partial charge on any atom is 0.251 e. The van der Waals surface area contributed by atoms with Crippen LogP contribution in [-0.4, -0.2) is 19.1 Å². The molecule has 1 N–H and O–H groups in total. The van der Waals surface area contributed by atoms with Gasteiger partial charge in [0.05, 0.1) is 6.61 Å². The van der Waals surface area contributed by atoms with E-state index in [4.69, 9.17) is 4.74 Å². The number of carbonyl (C=O) groups is 1. The minimum Gasteiger partial charge on any atom is -0.494 e. The molecule has 0 fully saturated rings. The number of ether oxygens (including phenoxy) is 1. The Morgan fingerprint density at radius 2 is 1.88 bits per heavy atom. The van der Waals surface area contributed by atoms with Crippen LogP contribution in [0.3, 0.4) is 0 Å². The van der Waals surface area contributed by atoms with Crippen molar-refractivity contribution in [2.45, 2.75) is 27.2 Å². The fourth-order valence-electron chi connectivity index (χ4n) is 2.53. The first-order valence-electron chi connectivity index (χ1n) is 8.15. The van der Waals surface area contributed by atoms with Gasteiger partial charge < -0.3 is 10.1 Å². The minimum absolute atomic E-state index is 0.0268. The number of hydrogen-bond acceptors (Lipinski definition) is 2. The summed E-state index contributed by atoms with van der Waals surface area (Å²) in [6, 6.07) is 15.6. The molecule has 0 bridgehead atoms. The summed E-state index contributed by atoms with van der Waals surface area (Å²) in [7, 11) is 0. The summed E-state index contributed by atoms with van der Waals surface area (Å²) in [4.78, 5) is 12.4. The van der Waals surface area contributed by atoms with Crippen LogP contribution in [0.25, 0.3) is 0 Å². The third-order valence-electron chi connectivity index (χ3n) is 3.73. The molecule has 3 nitrogen and oxygen atoms in total. The fraction of sp³-hybridized carbons (Fsp3) is 0.350. The highest BCUT2D eigenvalue weighted by molar-refractivity contribution is 9.10. The molecule has 128 valence electrons. The van der Waals surface area contributed by atoms with Crippen molar-refractivity contribution in [2.24, 2.45) is 5.41 Å². The van der Waals surface area contributed by atoms with Gasteiger partial charge in [-0.15, -0.1) is 0 Å². The number of hydrogen-bond donors (Lipinski definition) is 1. The molecule has 1 amide bonds. The summed E-state index contributed by atoms with van der Waals surface area (Å²) in [5.41, 5.74) is 1.86. The Hall–Kier alpha value is -1.81. The van der Waals surface area contributed by atoms with E-state index in [2.05, 4.69) is 47.2 Å². The van der Waals surface area contributed by atoms with E-state index >= 15 is 0 Å². The summed E-state index contributed by atoms with van der Waals surface area (Å²) >= 11 is 3.45. The van der Waals surface area contributed by atoms with Crippen LogP contribution in [0.1, 0.15) is 36.7 Å². The smallest absolute Gasteiger partial charge is 0.251 e. The van der Waals surface area contributed by atoms with E-state index < -0.39 is 0 Å². The van der Waals surface area contributed by atoms with Crippen molar-refractivity contribution in [3.8, 4) is 5.75 Å². The highest BCUT2D eigenvalue weighted by Crippen LogP contribution is 2.22. The zero-order chi connectivity index (χ0) is 17.6. The largest absolute Gasteiger partial charge is 0.494 e. The lowest BCUT2D eigenvalue weighted by Crippen LogP contribution is -2.35. The molecular weight excluding hydrogens is 366 g/mol. The maximum absolute atomic E-state index is 12.4. The minimum atomic E-state index is -0.0690. The van der Waals surface area contributed by atoms with E-state index in [1.807, 2.05) is 31.2 Å². The zero-order valence-electron chi connectivity index (χ0n) is 14.4. The molecule has 0 unspecified atom stereocenters. The number of amides is 1. The molecule has 2 aromatic rings. The molecule has 0 atom stereocenters. The zero-order valence-corrected chi connectivity index (χ0v) is 16.0. The summed E-state index contributed by atoms with van der Waals surface area (Å²) in [6.45, 7) is 7.45. The molecule has 2 rings (SSSR count). The number of rotatable bonds is 7. The molecule has 0 aliphatic heterocycles. The second kappa shape index (κ2) is 8.34. The van der Waals surface area contributed by atoms with Gasteiger partial charge in [0, 0.05) is 16.6 Å². The van der Waals surface area contributed by atoms with E-state index in [-0.39, 0.29) is 11.3 Å². The molecule has 2 aromatic carbocycles. The van der Waals surface area contributed by atoms with Gasteiger partial charge >= 0.3 is 0 Å². The first-order valence-corrected chi connectivity index (χ1v) is 8.94. The Balaban J connectivity index is 1.94. The van der Waals surface area contributed by atoms with Crippen LogP contribution in [0, 0.1) is 5.41 Å². The number of carbonyl (C=O) groups excluding carboxylic acids is 1. The molecule has 0 saturated carbocycles. The van der Waals surface area contributed by atoms with Crippen LogP contribution in [-0.2, 0) is 6.42 Å². The third-order valence-corrected chi connectivity index (χ3v) is 4.26. The molecule has 0 aliphatic carbocycles. The van der Waals surface area contributed by atoms with Crippen molar-refractivity contribution in [1.29, 1.82) is 0 Å². The maximum atomic E-state index is 12.4. The molecule has 0 aromatic heterocycles. The van der Waals surface area contributed by atoms with E-state index in [0.717, 1.165) is 16.6 Å². The van der Waals surface area contributed by atoms with Crippen molar-refractivity contribution in [3.63, 3.8) is 0 Å². The molecule has 0 spiro atoms. The Bertz CT molecular complexity index is 680. The Morgan fingerprint density at radius 3 is 2.54 bits per heavy atom. The van der Waals surface area contributed by atoms with Gasteiger partial charge in [-0.1, -0.05) is 48.0 Å². The Kier molecular flexibility index (Phi) is 6.44. The molecular formula is C20H24BrNO2. The van der Waals surface area contributed by atoms with Gasteiger partial charge in [0.25, 0.3) is 5.91 Å². The monoisotopic (exact) mass is 389 g/mol. The molecule has 4 heteroatoms. The number of benzene rings is 2. The lowest BCUT2D eigenvalue weighted by Gasteiger charge is -2.25. The first kappa shape index (κ1) is 18.5. The van der Waals surface area contributed by atoms with Crippen LogP contribution in [0.5, 0.6) is 5.75 Å². The number of halogens is 1. The van der Waals surface area contributed by atoms with Crippen LogP contribution in [0.2, 0.25) is 0 Å². The van der Waals surface area contributed by atoms with Gasteiger partial charge in [-0.25, -0.2) is 0 Å². The van der Waals surface area contributed by atoms with Crippen molar-refractivity contribution in [3.05, 3.63) is 64.1 Å². The topological polar surface area (TPSA) is 38.3 Å². The molecule has 0 saturated heterocycles. The highest BCUT2D eigenvalue weighted by atomic mass is 79.9. The van der Waals surface area contributed by atoms with Crippen LogP contribution < -0.4 is 10.1 Å². The quantitative estimate of drug-likeness (QED) is 0.734. The fourth-order valence-corrected chi connectivity index (χ4v) is 2.80. The van der Waals surface area contributed by atoms with E-state index in [1.54, 1.807) is 12.1 Å². The Labute approximate surface area is 152 Å². The van der Waals surface area contributed by atoms with E-state index in [0.29, 0.717) is 18.7 Å². The van der Waals surface area contributed by atoms with E-state index in [9.17, 15) is 4.79 Å². The third kappa shape index (κ3) is 5.68. The second-order valence-corrected chi connectivity index (χ2v) is 7.53. The SMILES string of the molecule is CCOc1cccc(C(=O)NCC(C)(C)Cc2ccc(Br)cc2)c1. The van der Waals surface area contributed by atoms with Crippen molar-refractivity contribution >= 4 is 21.8 Å². The van der Waals surface area contributed by atoms with Gasteiger partial charge in [-0.2, -0.15) is 0 Å². The predicted octanol–water partition coefficient (Wildman–Crippen LogP) is 4.85. The lowest BCUT2D eigenvalue weighted by atomic mass is 9.85. The molecule has 0 heterocycles. The predicted molar refractivity (Wildman–Crippen MR) is 102 cm³/mol. The van der Waals surface area contributed by atoms with Crippen molar-refractivity contribution in [1.82, 2.24) is 5.32 Å². The lowest BCUT2D eigenvalue weighted by molar-refractivity contribution is 0.0936. The van der Waals surface area contributed by atoms with Gasteiger partial charge in [-0.3, -0.25) is 4.79 Å². The average molecular weight is 390 g/mol. The van der Waals surface area contributed by atoms with E-state index in [1.165, 1.54) is 5.56 Å². The average Bonchev–Trinajstić information content (AvgIpc) is 2.55. The normalized spacial score (nSPS) is 11.2. The number of nitrogens with one attached hydrogen (secondary N) is 1.